The number of rotatable bonds is 6. The van der Waals surface area contributed by atoms with Crippen LogP contribution < -0.4 is 10.6 Å². The number of aliphatic carboxylic acids is 2. The van der Waals surface area contributed by atoms with Crippen molar-refractivity contribution in [3.05, 3.63) is 16.1 Å². The molecule has 0 fully saturated rings. The topological polar surface area (TPSA) is 129 Å². The number of hydrogen-bond donors (Lipinski definition) is 4. The van der Waals surface area contributed by atoms with Gasteiger partial charge in [0.2, 0.25) is 0 Å². The molecule has 0 saturated heterocycles. The monoisotopic (exact) mass is 287 g/mol. The molecule has 1 unspecified atom stereocenters. The number of thiazole rings is 1. The van der Waals surface area contributed by atoms with E-state index in [0.29, 0.717) is 5.01 Å². The molecule has 0 aliphatic rings. The highest BCUT2D eigenvalue weighted by atomic mass is 32.1. The smallest absolute Gasteiger partial charge is 0.326 e. The van der Waals surface area contributed by atoms with E-state index in [1.807, 2.05) is 12.3 Å². The number of aromatic nitrogens is 1. The predicted molar refractivity (Wildman–Crippen MR) is 65.9 cm³/mol. The van der Waals surface area contributed by atoms with Gasteiger partial charge in [0.1, 0.15) is 11.0 Å². The molecule has 0 saturated carbocycles. The van der Waals surface area contributed by atoms with Crippen LogP contribution in [0.5, 0.6) is 0 Å². The van der Waals surface area contributed by atoms with Gasteiger partial charge in [-0.05, 0) is 6.92 Å². The Kier molecular flexibility index (Phi) is 5.24. The maximum atomic E-state index is 11.4. The molecular weight excluding hydrogens is 274 g/mol. The Labute approximate surface area is 112 Å². The number of carbonyl (C=O) groups excluding carboxylic acids is 1. The third-order valence-electron chi connectivity index (χ3n) is 2.05. The number of urea groups is 1. The van der Waals surface area contributed by atoms with Gasteiger partial charge >= 0.3 is 18.0 Å². The van der Waals surface area contributed by atoms with Gasteiger partial charge in [-0.1, -0.05) is 0 Å². The number of carboxylic acid groups (broad SMARTS) is 2. The number of aryl methyl sites for hydroxylation is 1. The van der Waals surface area contributed by atoms with Crippen molar-refractivity contribution in [2.75, 3.05) is 0 Å². The largest absolute Gasteiger partial charge is 0.481 e. The lowest BCUT2D eigenvalue weighted by molar-refractivity contribution is -0.145. The number of hydrogen-bond acceptors (Lipinski definition) is 5. The Morgan fingerprint density at radius 2 is 2.11 bits per heavy atom. The molecule has 2 amide bonds. The van der Waals surface area contributed by atoms with Crippen molar-refractivity contribution in [1.82, 2.24) is 15.6 Å². The zero-order valence-corrected chi connectivity index (χ0v) is 10.9. The second-order valence-electron chi connectivity index (χ2n) is 3.70. The van der Waals surface area contributed by atoms with Gasteiger partial charge in [-0.15, -0.1) is 11.3 Å². The SMILES string of the molecule is Cc1csc(CNC(=O)NC(CC(=O)O)C(=O)O)n1. The second kappa shape index (κ2) is 6.69. The first-order valence-corrected chi connectivity index (χ1v) is 6.16. The number of nitrogens with one attached hydrogen (secondary N) is 2. The van der Waals surface area contributed by atoms with E-state index >= 15 is 0 Å². The summed E-state index contributed by atoms with van der Waals surface area (Å²) in [6.45, 7) is 1.97. The van der Waals surface area contributed by atoms with Gasteiger partial charge in [0.15, 0.2) is 0 Å². The van der Waals surface area contributed by atoms with Gasteiger partial charge in [-0.2, -0.15) is 0 Å². The standard InChI is InChI=1S/C10H13N3O5S/c1-5-4-19-7(12-5)3-11-10(18)13-6(9(16)17)2-8(14)15/h4,6H,2-3H2,1H3,(H,14,15)(H,16,17)(H2,11,13,18). The fourth-order valence-corrected chi connectivity index (χ4v) is 1.94. The molecule has 0 spiro atoms. The van der Waals surface area contributed by atoms with Crippen molar-refractivity contribution >= 4 is 29.3 Å². The lowest BCUT2D eigenvalue weighted by Crippen LogP contribution is -2.46. The average molecular weight is 287 g/mol. The third kappa shape index (κ3) is 5.34. The fourth-order valence-electron chi connectivity index (χ4n) is 1.22. The summed E-state index contributed by atoms with van der Waals surface area (Å²) in [7, 11) is 0. The third-order valence-corrected chi connectivity index (χ3v) is 3.02. The highest BCUT2D eigenvalue weighted by molar-refractivity contribution is 7.09. The Bertz CT molecular complexity index is 487. The first-order valence-electron chi connectivity index (χ1n) is 5.28. The van der Waals surface area contributed by atoms with Gasteiger partial charge in [0.25, 0.3) is 0 Å². The number of carboxylic acids is 2. The molecule has 0 bridgehead atoms. The van der Waals surface area contributed by atoms with Crippen LogP contribution in [0.3, 0.4) is 0 Å². The molecule has 0 radical (unpaired) electrons. The van der Waals surface area contributed by atoms with Crippen LogP contribution in [-0.4, -0.2) is 39.2 Å². The summed E-state index contributed by atoms with van der Waals surface area (Å²) in [6.07, 6.45) is -0.681. The van der Waals surface area contributed by atoms with Crippen molar-refractivity contribution in [3.8, 4) is 0 Å². The van der Waals surface area contributed by atoms with Crippen LogP contribution in [0, 0.1) is 6.92 Å². The lowest BCUT2D eigenvalue weighted by atomic mass is 10.2. The molecule has 104 valence electrons. The van der Waals surface area contributed by atoms with Crippen molar-refractivity contribution in [2.45, 2.75) is 25.9 Å². The molecular formula is C10H13N3O5S. The molecule has 4 N–H and O–H groups in total. The minimum atomic E-state index is -1.46. The minimum Gasteiger partial charge on any atom is -0.481 e. The zero-order chi connectivity index (χ0) is 14.4. The summed E-state index contributed by atoms with van der Waals surface area (Å²) >= 11 is 1.36. The Hall–Kier alpha value is -2.16. The first kappa shape index (κ1) is 14.9. The quantitative estimate of drug-likeness (QED) is 0.590. The first-order chi connectivity index (χ1) is 8.88. The molecule has 1 atom stereocenters. The van der Waals surface area contributed by atoms with Crippen LogP contribution in [0.2, 0.25) is 0 Å². The van der Waals surface area contributed by atoms with Crippen LogP contribution in [-0.2, 0) is 16.1 Å². The molecule has 1 aromatic rings. The zero-order valence-electron chi connectivity index (χ0n) is 10.0. The summed E-state index contributed by atoms with van der Waals surface area (Å²) in [5.41, 5.74) is 0.830. The number of carbonyl (C=O) groups is 3. The van der Waals surface area contributed by atoms with Gasteiger partial charge in [-0.3, -0.25) is 4.79 Å². The maximum absolute atomic E-state index is 11.4. The minimum absolute atomic E-state index is 0.156. The summed E-state index contributed by atoms with van der Waals surface area (Å²) in [5, 5.41) is 24.2. The summed E-state index contributed by atoms with van der Waals surface area (Å²) in [6, 6.07) is -2.21. The van der Waals surface area contributed by atoms with E-state index < -0.39 is 30.4 Å². The molecule has 1 heterocycles. The molecule has 0 aliphatic heterocycles. The van der Waals surface area contributed by atoms with Crippen LogP contribution >= 0.6 is 11.3 Å². The van der Waals surface area contributed by atoms with Crippen molar-refractivity contribution < 1.29 is 24.6 Å². The molecule has 1 rings (SSSR count). The van der Waals surface area contributed by atoms with Gasteiger partial charge in [-0.25, -0.2) is 14.6 Å². The van der Waals surface area contributed by atoms with E-state index in [0.717, 1.165) is 5.69 Å². The van der Waals surface area contributed by atoms with Gasteiger partial charge in [0, 0.05) is 11.1 Å². The van der Waals surface area contributed by atoms with E-state index in [9.17, 15) is 14.4 Å². The lowest BCUT2D eigenvalue weighted by Gasteiger charge is -2.12. The van der Waals surface area contributed by atoms with E-state index in [1.165, 1.54) is 11.3 Å². The van der Waals surface area contributed by atoms with Crippen molar-refractivity contribution in [1.29, 1.82) is 0 Å². The number of amides is 2. The van der Waals surface area contributed by atoms with Crippen LogP contribution in [0.1, 0.15) is 17.1 Å². The van der Waals surface area contributed by atoms with E-state index in [-0.39, 0.29) is 6.54 Å². The van der Waals surface area contributed by atoms with Crippen molar-refractivity contribution in [3.63, 3.8) is 0 Å². The second-order valence-corrected chi connectivity index (χ2v) is 4.64. The molecule has 9 heteroatoms. The normalized spacial score (nSPS) is 11.6. The number of nitrogens with zero attached hydrogens (tertiary/aromatic N) is 1. The van der Waals surface area contributed by atoms with Crippen LogP contribution in [0.15, 0.2) is 5.38 Å². The Morgan fingerprint density at radius 3 is 2.58 bits per heavy atom. The summed E-state index contributed by atoms with van der Waals surface area (Å²) < 4.78 is 0. The van der Waals surface area contributed by atoms with E-state index in [4.69, 9.17) is 10.2 Å². The molecule has 19 heavy (non-hydrogen) atoms. The Balaban J connectivity index is 2.44. The molecule has 8 nitrogen and oxygen atoms in total. The maximum Gasteiger partial charge on any atom is 0.326 e. The predicted octanol–water partition coefficient (Wildman–Crippen LogP) is 0.179. The van der Waals surface area contributed by atoms with E-state index in [1.54, 1.807) is 0 Å². The summed E-state index contributed by atoms with van der Waals surface area (Å²) in [5.74, 6) is -2.70. The molecule has 1 aromatic heterocycles. The molecule has 0 aliphatic carbocycles. The highest BCUT2D eigenvalue weighted by Gasteiger charge is 2.22. The van der Waals surface area contributed by atoms with Gasteiger partial charge < -0.3 is 20.8 Å². The van der Waals surface area contributed by atoms with Crippen molar-refractivity contribution in [2.24, 2.45) is 0 Å². The molecule has 0 aromatic carbocycles. The van der Waals surface area contributed by atoms with Crippen LogP contribution in [0.4, 0.5) is 4.79 Å². The van der Waals surface area contributed by atoms with Crippen LogP contribution in [0.25, 0.3) is 0 Å². The van der Waals surface area contributed by atoms with Gasteiger partial charge in [0.05, 0.1) is 13.0 Å². The average Bonchev–Trinajstić information content (AvgIpc) is 2.71. The Morgan fingerprint density at radius 1 is 1.42 bits per heavy atom. The summed E-state index contributed by atoms with van der Waals surface area (Å²) in [4.78, 5) is 36.7. The van der Waals surface area contributed by atoms with E-state index in [2.05, 4.69) is 15.6 Å². The highest BCUT2D eigenvalue weighted by Crippen LogP contribution is 2.07. The fraction of sp³-hybridized carbons (Fsp3) is 0.400.